The van der Waals surface area contributed by atoms with Crippen molar-refractivity contribution in [1.82, 2.24) is 15.0 Å². The zero-order chi connectivity index (χ0) is 21.7. The molecule has 3 aromatic rings. The van der Waals surface area contributed by atoms with E-state index in [1.165, 1.54) is 24.8 Å². The third kappa shape index (κ3) is 2.89. The summed E-state index contributed by atoms with van der Waals surface area (Å²) in [5.41, 5.74) is 4.19. The van der Waals surface area contributed by atoms with Crippen molar-refractivity contribution in [3.63, 3.8) is 0 Å². The van der Waals surface area contributed by atoms with Gasteiger partial charge in [0.1, 0.15) is 22.5 Å². The molecule has 1 saturated carbocycles. The summed E-state index contributed by atoms with van der Waals surface area (Å²) in [6.07, 6.45) is 4.88. The summed E-state index contributed by atoms with van der Waals surface area (Å²) in [6, 6.07) is 2.22. The van der Waals surface area contributed by atoms with Crippen LogP contribution < -0.4 is 5.73 Å². The summed E-state index contributed by atoms with van der Waals surface area (Å²) in [5, 5.41) is 0.296. The predicted octanol–water partition coefficient (Wildman–Crippen LogP) is 2.08. The van der Waals surface area contributed by atoms with E-state index in [4.69, 9.17) is 5.73 Å². The third-order valence-electron chi connectivity index (χ3n) is 5.63. The first-order valence-corrected chi connectivity index (χ1v) is 10.5. The second-order valence-electron chi connectivity index (χ2n) is 7.21. The first kappa shape index (κ1) is 20.1. The zero-order valence-electron chi connectivity index (χ0n) is 15.6. The van der Waals surface area contributed by atoms with Gasteiger partial charge in [-0.1, -0.05) is 18.9 Å². The first-order chi connectivity index (χ1) is 14.2. The summed E-state index contributed by atoms with van der Waals surface area (Å²) < 4.78 is 48.3. The SMILES string of the molecule is NC(=O)c1ccc(C2(S(=O)(=O)O)CCCC2)c(C(=O)c2c[nH]c3ncncc23)c1F. The summed E-state index contributed by atoms with van der Waals surface area (Å²) in [4.78, 5) is 35.7. The van der Waals surface area contributed by atoms with Crippen molar-refractivity contribution in [2.45, 2.75) is 30.4 Å². The van der Waals surface area contributed by atoms with E-state index in [1.54, 1.807) is 0 Å². The molecule has 0 saturated heterocycles. The molecule has 2 heterocycles. The number of nitrogens with one attached hydrogen (secondary N) is 1. The maximum Gasteiger partial charge on any atom is 0.274 e. The van der Waals surface area contributed by atoms with Gasteiger partial charge in [-0.25, -0.2) is 14.4 Å². The van der Waals surface area contributed by atoms with Crippen molar-refractivity contribution >= 4 is 32.8 Å². The summed E-state index contributed by atoms with van der Waals surface area (Å²) >= 11 is 0. The molecule has 0 bridgehead atoms. The molecule has 9 nitrogen and oxygen atoms in total. The van der Waals surface area contributed by atoms with Gasteiger partial charge in [0.15, 0.2) is 5.78 Å². The van der Waals surface area contributed by atoms with Gasteiger partial charge in [-0.05, 0) is 24.5 Å². The van der Waals surface area contributed by atoms with Crippen LogP contribution in [0, 0.1) is 5.82 Å². The van der Waals surface area contributed by atoms with Crippen molar-refractivity contribution in [3.8, 4) is 0 Å². The number of nitrogens with zero attached hydrogens (tertiary/aromatic N) is 2. The number of ketones is 1. The van der Waals surface area contributed by atoms with Gasteiger partial charge < -0.3 is 10.7 Å². The fourth-order valence-electron chi connectivity index (χ4n) is 4.16. The minimum atomic E-state index is -4.70. The number of benzene rings is 1. The van der Waals surface area contributed by atoms with E-state index in [9.17, 15) is 22.6 Å². The number of H-pyrrole nitrogens is 1. The molecule has 1 fully saturated rings. The largest absolute Gasteiger partial charge is 0.366 e. The summed E-state index contributed by atoms with van der Waals surface area (Å²) in [6.45, 7) is 0. The second kappa shape index (κ2) is 6.96. The molecule has 4 rings (SSSR count). The maximum atomic E-state index is 15.4. The molecule has 156 valence electrons. The lowest BCUT2D eigenvalue weighted by molar-refractivity contribution is 0.0996. The topological polar surface area (TPSA) is 156 Å². The molecular formula is C19H17FN4O5S. The molecule has 11 heteroatoms. The van der Waals surface area contributed by atoms with E-state index in [1.807, 2.05) is 0 Å². The number of nitrogens with two attached hydrogens (primary N) is 1. The number of carbonyl (C=O) groups excluding carboxylic acids is 2. The average Bonchev–Trinajstić information content (AvgIpc) is 3.34. The number of fused-ring (bicyclic) bond motifs is 1. The Balaban J connectivity index is 2.03. The van der Waals surface area contributed by atoms with E-state index in [0.717, 1.165) is 6.07 Å². The van der Waals surface area contributed by atoms with Crippen molar-refractivity contribution in [2.75, 3.05) is 0 Å². The number of halogens is 1. The Bertz CT molecular complexity index is 1300. The van der Waals surface area contributed by atoms with Crippen LogP contribution in [0.2, 0.25) is 0 Å². The highest BCUT2D eigenvalue weighted by atomic mass is 32.2. The quantitative estimate of drug-likeness (QED) is 0.411. The number of aromatic nitrogens is 3. The monoisotopic (exact) mass is 432 g/mol. The Labute approximate surface area is 170 Å². The van der Waals surface area contributed by atoms with E-state index < -0.39 is 43.5 Å². The molecule has 0 unspecified atom stereocenters. The second-order valence-corrected chi connectivity index (χ2v) is 8.94. The molecular weight excluding hydrogens is 415 g/mol. The number of carbonyl (C=O) groups is 2. The van der Waals surface area contributed by atoms with Crippen LogP contribution in [0.5, 0.6) is 0 Å². The zero-order valence-corrected chi connectivity index (χ0v) is 16.4. The number of hydrogen-bond donors (Lipinski definition) is 3. The van der Waals surface area contributed by atoms with Crippen LogP contribution in [0.25, 0.3) is 11.0 Å². The van der Waals surface area contributed by atoms with E-state index in [2.05, 4.69) is 15.0 Å². The Morgan fingerprint density at radius 1 is 1.20 bits per heavy atom. The first-order valence-electron chi connectivity index (χ1n) is 9.09. The van der Waals surface area contributed by atoms with Crippen molar-refractivity contribution in [3.05, 3.63) is 58.9 Å². The lowest BCUT2D eigenvalue weighted by Gasteiger charge is -2.28. The highest BCUT2D eigenvalue weighted by Crippen LogP contribution is 2.47. The highest BCUT2D eigenvalue weighted by Gasteiger charge is 2.49. The van der Waals surface area contributed by atoms with Gasteiger partial charge in [-0.15, -0.1) is 0 Å². The number of primary amides is 1. The van der Waals surface area contributed by atoms with Gasteiger partial charge in [0, 0.05) is 17.8 Å². The number of hydrogen-bond acceptors (Lipinski definition) is 6. The van der Waals surface area contributed by atoms with Gasteiger partial charge in [0.25, 0.3) is 16.0 Å². The van der Waals surface area contributed by atoms with E-state index in [-0.39, 0.29) is 24.0 Å². The average molecular weight is 432 g/mol. The van der Waals surface area contributed by atoms with Crippen LogP contribution in [-0.4, -0.2) is 39.6 Å². The van der Waals surface area contributed by atoms with Gasteiger partial charge in [0.05, 0.1) is 16.7 Å². The smallest absolute Gasteiger partial charge is 0.274 e. The minimum absolute atomic E-state index is 0.00384. The van der Waals surface area contributed by atoms with Gasteiger partial charge in [-0.3, -0.25) is 14.1 Å². The van der Waals surface area contributed by atoms with Crippen LogP contribution in [-0.2, 0) is 14.9 Å². The lowest BCUT2D eigenvalue weighted by Crippen LogP contribution is -2.35. The fraction of sp³-hybridized carbons (Fsp3) is 0.263. The Morgan fingerprint density at radius 3 is 2.53 bits per heavy atom. The van der Waals surface area contributed by atoms with Crippen LogP contribution in [0.15, 0.2) is 30.9 Å². The predicted molar refractivity (Wildman–Crippen MR) is 104 cm³/mol. The summed E-state index contributed by atoms with van der Waals surface area (Å²) in [7, 11) is -4.70. The van der Waals surface area contributed by atoms with E-state index >= 15 is 4.39 Å². The maximum absolute atomic E-state index is 15.4. The van der Waals surface area contributed by atoms with Crippen molar-refractivity contribution < 1.29 is 27.0 Å². The summed E-state index contributed by atoms with van der Waals surface area (Å²) in [5.74, 6) is -3.21. The van der Waals surface area contributed by atoms with Crippen LogP contribution in [0.3, 0.4) is 0 Å². The molecule has 0 atom stereocenters. The minimum Gasteiger partial charge on any atom is -0.366 e. The Hall–Kier alpha value is -3.18. The van der Waals surface area contributed by atoms with Crippen LogP contribution in [0.1, 0.15) is 57.5 Å². The molecule has 0 spiro atoms. The molecule has 2 aromatic heterocycles. The molecule has 4 N–H and O–H groups in total. The number of rotatable bonds is 5. The molecule has 1 aromatic carbocycles. The van der Waals surface area contributed by atoms with E-state index in [0.29, 0.717) is 23.9 Å². The van der Waals surface area contributed by atoms with Crippen molar-refractivity contribution in [1.29, 1.82) is 0 Å². The van der Waals surface area contributed by atoms with Crippen LogP contribution in [0.4, 0.5) is 4.39 Å². The molecule has 0 radical (unpaired) electrons. The molecule has 1 amide bonds. The molecule has 0 aliphatic heterocycles. The Kier molecular flexibility index (Phi) is 4.66. The normalized spacial score (nSPS) is 16.1. The standard InChI is InChI=1S/C19H17FN4O5S/c20-15-10(17(21)26)3-4-13(19(30(27,28)29)5-1-2-6-19)14(15)16(25)11-8-23-18-12(11)7-22-9-24-18/h3-4,7-9H,1-2,5-6H2,(H2,21,26)(H,22,23,24)(H,27,28,29). The molecule has 1 aliphatic rings. The Morgan fingerprint density at radius 2 is 1.90 bits per heavy atom. The molecule has 1 aliphatic carbocycles. The fourth-order valence-corrected chi connectivity index (χ4v) is 5.42. The third-order valence-corrected chi connectivity index (χ3v) is 7.25. The highest BCUT2D eigenvalue weighted by molar-refractivity contribution is 7.86. The lowest BCUT2D eigenvalue weighted by atomic mass is 9.86. The molecule has 30 heavy (non-hydrogen) atoms. The van der Waals surface area contributed by atoms with Crippen LogP contribution >= 0.6 is 0 Å². The van der Waals surface area contributed by atoms with Gasteiger partial charge in [-0.2, -0.15) is 8.42 Å². The number of amides is 1. The van der Waals surface area contributed by atoms with Gasteiger partial charge >= 0.3 is 0 Å². The van der Waals surface area contributed by atoms with Crippen molar-refractivity contribution in [2.24, 2.45) is 5.73 Å². The number of aromatic amines is 1. The van der Waals surface area contributed by atoms with Gasteiger partial charge in [0.2, 0.25) is 0 Å².